The second kappa shape index (κ2) is 8.55. The van der Waals surface area contributed by atoms with Crippen molar-refractivity contribution in [2.45, 2.75) is 64.7 Å². The average molecular weight is 402 g/mol. The summed E-state index contributed by atoms with van der Waals surface area (Å²) in [6.45, 7) is 6.53. The van der Waals surface area contributed by atoms with E-state index in [4.69, 9.17) is 0 Å². The van der Waals surface area contributed by atoms with Crippen molar-refractivity contribution >= 4 is 17.5 Å². The van der Waals surface area contributed by atoms with Gasteiger partial charge in [-0.05, 0) is 41.9 Å². The summed E-state index contributed by atoms with van der Waals surface area (Å²) >= 11 is 0. The van der Waals surface area contributed by atoms with Crippen molar-refractivity contribution in [2.24, 2.45) is 5.92 Å². The standard InChI is InChI=1S/C26H31N3O/c1-26(2,3)21-12-10-20(11-13-21)24(30)18-22-17-23(29-25(28-22)15-16-27-29)14-9-19-7-5-4-6-8-19/h9-17,19H,4-8,18H2,1-3H3/b14-9+. The van der Waals surface area contributed by atoms with Crippen LogP contribution >= 0.6 is 0 Å². The largest absolute Gasteiger partial charge is 0.294 e. The van der Waals surface area contributed by atoms with E-state index < -0.39 is 0 Å². The van der Waals surface area contributed by atoms with Crippen molar-refractivity contribution in [2.75, 3.05) is 0 Å². The van der Waals surface area contributed by atoms with Crippen molar-refractivity contribution in [1.29, 1.82) is 0 Å². The highest BCUT2D eigenvalue weighted by Gasteiger charge is 2.16. The summed E-state index contributed by atoms with van der Waals surface area (Å²) in [5, 5.41) is 4.41. The molecule has 4 heteroatoms. The lowest BCUT2D eigenvalue weighted by molar-refractivity contribution is 0.0992. The molecule has 1 aliphatic rings. The number of carbonyl (C=O) groups excluding carboxylic acids is 1. The Morgan fingerprint density at radius 2 is 1.83 bits per heavy atom. The Morgan fingerprint density at radius 1 is 1.10 bits per heavy atom. The molecule has 0 N–H and O–H groups in total. The van der Waals surface area contributed by atoms with Crippen LogP contribution in [0.1, 0.15) is 80.2 Å². The van der Waals surface area contributed by atoms with Crippen LogP contribution in [-0.2, 0) is 11.8 Å². The van der Waals surface area contributed by atoms with Gasteiger partial charge in [-0.3, -0.25) is 4.79 Å². The van der Waals surface area contributed by atoms with Gasteiger partial charge in [0.2, 0.25) is 0 Å². The van der Waals surface area contributed by atoms with Gasteiger partial charge in [-0.2, -0.15) is 5.10 Å². The van der Waals surface area contributed by atoms with E-state index in [0.29, 0.717) is 12.3 Å². The minimum atomic E-state index is 0.0791. The monoisotopic (exact) mass is 401 g/mol. The minimum absolute atomic E-state index is 0.0791. The minimum Gasteiger partial charge on any atom is -0.294 e. The van der Waals surface area contributed by atoms with Crippen LogP contribution in [0, 0.1) is 5.92 Å². The number of rotatable bonds is 5. The Hall–Kier alpha value is -2.75. The van der Waals surface area contributed by atoms with Crippen LogP contribution in [0.2, 0.25) is 0 Å². The molecule has 4 nitrogen and oxygen atoms in total. The Balaban J connectivity index is 1.55. The fourth-order valence-corrected chi connectivity index (χ4v) is 4.18. The number of ketones is 1. The summed E-state index contributed by atoms with van der Waals surface area (Å²) in [6, 6.07) is 11.9. The molecule has 4 rings (SSSR count). The van der Waals surface area contributed by atoms with Gasteiger partial charge in [-0.1, -0.05) is 70.4 Å². The molecule has 0 amide bonds. The zero-order valence-corrected chi connectivity index (χ0v) is 18.3. The summed E-state index contributed by atoms with van der Waals surface area (Å²) < 4.78 is 1.85. The fraction of sp³-hybridized carbons (Fsp3) is 0.423. The molecule has 1 fully saturated rings. The molecule has 0 unspecified atom stereocenters. The molecule has 1 aliphatic carbocycles. The van der Waals surface area contributed by atoms with Crippen LogP contribution in [0.5, 0.6) is 0 Å². The van der Waals surface area contributed by atoms with Crippen LogP contribution in [0.15, 0.2) is 48.7 Å². The SMILES string of the molecule is CC(C)(C)c1ccc(C(=O)Cc2cc(/C=C/C3CCCCC3)n3nccc3n2)cc1. The van der Waals surface area contributed by atoms with Crippen molar-refractivity contribution in [3.05, 3.63) is 71.2 Å². The zero-order valence-electron chi connectivity index (χ0n) is 18.3. The molecule has 0 bridgehead atoms. The number of hydrogen-bond acceptors (Lipinski definition) is 3. The Kier molecular flexibility index (Phi) is 5.85. The lowest BCUT2D eigenvalue weighted by Crippen LogP contribution is -2.12. The van der Waals surface area contributed by atoms with Gasteiger partial charge in [0.25, 0.3) is 0 Å². The van der Waals surface area contributed by atoms with Gasteiger partial charge in [-0.25, -0.2) is 9.50 Å². The Labute approximate surface area is 179 Å². The van der Waals surface area contributed by atoms with E-state index in [1.807, 2.05) is 28.8 Å². The van der Waals surface area contributed by atoms with E-state index in [9.17, 15) is 4.79 Å². The van der Waals surface area contributed by atoms with E-state index in [2.05, 4.69) is 55.1 Å². The van der Waals surface area contributed by atoms with Gasteiger partial charge in [0.1, 0.15) is 0 Å². The van der Waals surface area contributed by atoms with E-state index in [1.54, 1.807) is 6.20 Å². The van der Waals surface area contributed by atoms with Crippen molar-refractivity contribution < 1.29 is 4.79 Å². The predicted molar refractivity (Wildman–Crippen MR) is 122 cm³/mol. The van der Waals surface area contributed by atoms with E-state index >= 15 is 0 Å². The van der Waals surface area contributed by atoms with E-state index in [0.717, 1.165) is 22.6 Å². The average Bonchev–Trinajstić information content (AvgIpc) is 3.21. The number of benzene rings is 1. The summed E-state index contributed by atoms with van der Waals surface area (Å²) in [5.41, 5.74) is 4.60. The first-order valence-corrected chi connectivity index (χ1v) is 11.1. The molecular weight excluding hydrogens is 370 g/mol. The van der Waals surface area contributed by atoms with Crippen LogP contribution in [0.4, 0.5) is 0 Å². The highest BCUT2D eigenvalue weighted by Crippen LogP contribution is 2.26. The molecule has 30 heavy (non-hydrogen) atoms. The number of aromatic nitrogens is 3. The highest BCUT2D eigenvalue weighted by molar-refractivity contribution is 5.97. The number of fused-ring (bicyclic) bond motifs is 1. The number of allylic oxidation sites excluding steroid dienone is 1. The maximum atomic E-state index is 12.9. The molecule has 156 valence electrons. The third-order valence-corrected chi connectivity index (χ3v) is 6.04. The smallest absolute Gasteiger partial charge is 0.168 e. The molecule has 0 radical (unpaired) electrons. The maximum absolute atomic E-state index is 12.9. The fourth-order valence-electron chi connectivity index (χ4n) is 4.18. The molecule has 0 spiro atoms. The number of hydrogen-bond donors (Lipinski definition) is 0. The van der Waals surface area contributed by atoms with Gasteiger partial charge in [-0.15, -0.1) is 0 Å². The molecular formula is C26H31N3O. The first-order valence-electron chi connectivity index (χ1n) is 11.1. The predicted octanol–water partition coefficient (Wildman–Crippen LogP) is 6.05. The van der Waals surface area contributed by atoms with Crippen LogP contribution in [0.3, 0.4) is 0 Å². The van der Waals surface area contributed by atoms with E-state index in [1.165, 1.54) is 37.7 Å². The summed E-state index contributed by atoms with van der Waals surface area (Å²) in [6.07, 6.45) is 13.0. The van der Waals surface area contributed by atoms with Crippen LogP contribution in [0.25, 0.3) is 11.7 Å². The Bertz CT molecular complexity index is 1050. The molecule has 1 saturated carbocycles. The van der Waals surface area contributed by atoms with Crippen molar-refractivity contribution in [3.8, 4) is 0 Å². The summed E-state index contributed by atoms with van der Waals surface area (Å²) in [7, 11) is 0. The second-order valence-electron chi connectivity index (χ2n) is 9.46. The van der Waals surface area contributed by atoms with Gasteiger partial charge >= 0.3 is 0 Å². The topological polar surface area (TPSA) is 47.3 Å². The normalized spacial score (nSPS) is 15.8. The van der Waals surface area contributed by atoms with Crippen molar-refractivity contribution in [3.63, 3.8) is 0 Å². The van der Waals surface area contributed by atoms with Crippen molar-refractivity contribution in [1.82, 2.24) is 14.6 Å². The van der Waals surface area contributed by atoms with Crippen LogP contribution in [-0.4, -0.2) is 20.4 Å². The van der Waals surface area contributed by atoms with Gasteiger partial charge < -0.3 is 0 Å². The van der Waals surface area contributed by atoms with Gasteiger partial charge in [0.05, 0.1) is 24.0 Å². The zero-order chi connectivity index (χ0) is 21.1. The first-order chi connectivity index (χ1) is 14.4. The van der Waals surface area contributed by atoms with E-state index in [-0.39, 0.29) is 11.2 Å². The molecule has 1 aromatic carbocycles. The highest BCUT2D eigenvalue weighted by atomic mass is 16.1. The number of nitrogens with zero attached hydrogens (tertiary/aromatic N) is 3. The molecule has 2 heterocycles. The molecule has 2 aromatic heterocycles. The molecule has 3 aromatic rings. The third-order valence-electron chi connectivity index (χ3n) is 6.04. The van der Waals surface area contributed by atoms with Gasteiger partial charge in [0.15, 0.2) is 11.4 Å². The second-order valence-corrected chi connectivity index (χ2v) is 9.46. The quantitative estimate of drug-likeness (QED) is 0.489. The third kappa shape index (κ3) is 4.69. The lowest BCUT2D eigenvalue weighted by Gasteiger charge is -2.19. The molecule has 0 saturated heterocycles. The molecule has 0 atom stereocenters. The number of Topliss-reactive ketones (excluding diaryl/α,β-unsaturated/α-hetero) is 1. The lowest BCUT2D eigenvalue weighted by atomic mass is 9.86. The first kappa shape index (κ1) is 20.5. The maximum Gasteiger partial charge on any atom is 0.168 e. The van der Waals surface area contributed by atoms with Gasteiger partial charge in [0, 0.05) is 11.6 Å². The summed E-state index contributed by atoms with van der Waals surface area (Å²) in [4.78, 5) is 17.5. The van der Waals surface area contributed by atoms with Crippen LogP contribution < -0.4 is 0 Å². The summed E-state index contributed by atoms with van der Waals surface area (Å²) in [5.74, 6) is 0.734. The Morgan fingerprint density at radius 3 is 2.53 bits per heavy atom. The molecule has 0 aliphatic heterocycles. The number of carbonyl (C=O) groups is 1.